The molecule has 0 radical (unpaired) electrons. The highest BCUT2D eigenvalue weighted by Crippen LogP contribution is 2.22. The maximum absolute atomic E-state index is 12.3. The third-order valence-electron chi connectivity index (χ3n) is 4.30. The van der Waals surface area contributed by atoms with Crippen molar-refractivity contribution in [3.05, 3.63) is 65.7 Å². The molecule has 2 atom stereocenters. The van der Waals surface area contributed by atoms with Crippen LogP contribution in [-0.2, 0) is 9.53 Å². The van der Waals surface area contributed by atoms with Crippen LogP contribution in [0.1, 0.15) is 25.2 Å². The average molecular weight is 402 g/mol. The second kappa shape index (κ2) is 8.80. The van der Waals surface area contributed by atoms with Crippen molar-refractivity contribution in [1.82, 2.24) is 9.97 Å². The number of aliphatic hydroxyl groups is 1. The number of benzene rings is 2. The molecule has 8 nitrogen and oxygen atoms in total. The molecule has 0 saturated carbocycles. The lowest BCUT2D eigenvalue weighted by Gasteiger charge is -2.18. The average Bonchev–Trinajstić information content (AvgIpc) is 3.18. The second-order valence-corrected chi connectivity index (χ2v) is 6.45. The molecule has 30 heavy (non-hydrogen) atoms. The van der Waals surface area contributed by atoms with Crippen LogP contribution < -0.4 is 4.74 Å². The minimum atomic E-state index is -1.09. The van der Waals surface area contributed by atoms with E-state index in [4.69, 9.17) is 14.7 Å². The normalized spacial score (nSPS) is 13.5. The third kappa shape index (κ3) is 4.40. The molecule has 3 aromatic rings. The van der Waals surface area contributed by atoms with Crippen molar-refractivity contribution in [2.75, 3.05) is 0 Å². The highest BCUT2D eigenvalue weighted by atomic mass is 16.6. The van der Waals surface area contributed by atoms with Gasteiger partial charge in [0, 0.05) is 0 Å². The van der Waals surface area contributed by atoms with Gasteiger partial charge in [0.25, 0.3) is 0 Å². The largest absolute Gasteiger partial charge is 0.507 e. The van der Waals surface area contributed by atoms with E-state index in [0.29, 0.717) is 22.3 Å². The third-order valence-corrected chi connectivity index (χ3v) is 4.30. The lowest BCUT2D eigenvalue weighted by molar-refractivity contribution is -0.155. The highest BCUT2D eigenvalue weighted by Gasteiger charge is 2.24. The van der Waals surface area contributed by atoms with Crippen LogP contribution >= 0.6 is 0 Å². The number of carbonyl (C=O) groups excluding carboxylic acids is 1. The van der Waals surface area contributed by atoms with Crippen molar-refractivity contribution in [3.8, 4) is 17.9 Å². The molecule has 0 bridgehead atoms. The fourth-order valence-corrected chi connectivity index (χ4v) is 2.69. The Bertz CT molecular complexity index is 1150. The topological polar surface area (TPSA) is 132 Å². The van der Waals surface area contributed by atoms with Crippen molar-refractivity contribution in [2.24, 2.45) is 0 Å². The lowest BCUT2D eigenvalue weighted by atomic mass is 10.1. The fraction of sp³-hybridized carbons (Fsp3) is 0.182. The summed E-state index contributed by atoms with van der Waals surface area (Å²) < 4.78 is 10.8. The first-order chi connectivity index (χ1) is 14.4. The number of para-hydroxylation sites is 2. The number of allylic oxidation sites excluding steroid dienone is 1. The van der Waals surface area contributed by atoms with E-state index in [1.54, 1.807) is 36.4 Å². The molecule has 0 amide bonds. The van der Waals surface area contributed by atoms with Gasteiger partial charge in [0.1, 0.15) is 17.4 Å². The molecule has 2 N–H and O–H groups in total. The molecule has 150 valence electrons. The van der Waals surface area contributed by atoms with Gasteiger partial charge < -0.3 is 19.6 Å². The van der Waals surface area contributed by atoms with Crippen molar-refractivity contribution in [1.29, 1.82) is 10.5 Å². The van der Waals surface area contributed by atoms with E-state index < -0.39 is 23.9 Å². The van der Waals surface area contributed by atoms with E-state index >= 15 is 0 Å². The maximum Gasteiger partial charge on any atom is 0.347 e. The maximum atomic E-state index is 12.3. The summed E-state index contributed by atoms with van der Waals surface area (Å²) in [6.45, 7) is 2.94. The van der Waals surface area contributed by atoms with Gasteiger partial charge >= 0.3 is 5.97 Å². The van der Waals surface area contributed by atoms with E-state index in [-0.39, 0.29) is 11.4 Å². The zero-order valence-electron chi connectivity index (χ0n) is 16.3. The van der Waals surface area contributed by atoms with Crippen LogP contribution in [0.2, 0.25) is 0 Å². The first-order valence-electron chi connectivity index (χ1n) is 9.08. The van der Waals surface area contributed by atoms with Gasteiger partial charge in [-0.1, -0.05) is 12.1 Å². The van der Waals surface area contributed by atoms with Crippen LogP contribution in [0.25, 0.3) is 16.6 Å². The summed E-state index contributed by atoms with van der Waals surface area (Å²) in [6.07, 6.45) is -2.06. The SMILES string of the molecule is C[C@H](Oc1ccc(C#N)cc1)C(=O)O[C@@H](C)/C(O)=C(\C#N)c1nc2ccccc2[nH]1. The molecule has 0 unspecified atom stereocenters. The highest BCUT2D eigenvalue weighted by molar-refractivity contribution is 5.83. The van der Waals surface area contributed by atoms with E-state index in [1.165, 1.54) is 13.8 Å². The first-order valence-corrected chi connectivity index (χ1v) is 9.08. The number of carbonyl (C=O) groups is 1. The van der Waals surface area contributed by atoms with Crippen molar-refractivity contribution >= 4 is 22.6 Å². The number of nitriles is 2. The zero-order valence-corrected chi connectivity index (χ0v) is 16.3. The number of fused-ring (bicyclic) bond motifs is 1. The summed E-state index contributed by atoms with van der Waals surface area (Å²) in [4.78, 5) is 19.6. The van der Waals surface area contributed by atoms with Crippen LogP contribution in [-0.4, -0.2) is 33.3 Å². The number of esters is 1. The number of H-pyrrole nitrogens is 1. The molecule has 0 fully saturated rings. The van der Waals surface area contributed by atoms with Crippen molar-refractivity contribution in [2.45, 2.75) is 26.1 Å². The number of aromatic amines is 1. The zero-order chi connectivity index (χ0) is 21.7. The Balaban J connectivity index is 1.72. The number of hydrogen-bond acceptors (Lipinski definition) is 7. The van der Waals surface area contributed by atoms with Gasteiger partial charge in [0.2, 0.25) is 0 Å². The predicted molar refractivity (Wildman–Crippen MR) is 108 cm³/mol. The summed E-state index contributed by atoms with van der Waals surface area (Å²) in [5, 5.41) is 28.8. The molecule has 1 heterocycles. The molecule has 0 aliphatic rings. The Morgan fingerprint density at radius 3 is 2.43 bits per heavy atom. The standard InChI is InChI=1S/C22H18N4O4/c1-13(30-22(28)14(2)29-16-9-7-15(11-23)8-10-16)20(27)17(12-24)21-25-18-5-3-4-6-19(18)26-21/h3-10,13-14,27H,1-2H3,(H,25,26)/b20-17-/t13-,14-/m0/s1. The summed E-state index contributed by atoms with van der Waals surface area (Å²) in [5.74, 6) is -0.567. The Morgan fingerprint density at radius 1 is 1.10 bits per heavy atom. The monoisotopic (exact) mass is 402 g/mol. The van der Waals surface area contributed by atoms with Crippen LogP contribution in [0.15, 0.2) is 54.3 Å². The fourth-order valence-electron chi connectivity index (χ4n) is 2.69. The van der Waals surface area contributed by atoms with Gasteiger partial charge in [-0.2, -0.15) is 10.5 Å². The Kier molecular flexibility index (Phi) is 6.00. The molecule has 0 aliphatic carbocycles. The molecule has 0 spiro atoms. The van der Waals surface area contributed by atoms with Gasteiger partial charge in [-0.3, -0.25) is 0 Å². The number of nitrogens with one attached hydrogen (secondary N) is 1. The molecule has 0 aliphatic heterocycles. The number of ether oxygens (including phenoxy) is 2. The second-order valence-electron chi connectivity index (χ2n) is 6.45. The van der Waals surface area contributed by atoms with Gasteiger partial charge in [0.15, 0.2) is 23.8 Å². The minimum absolute atomic E-state index is 0.118. The first kappa shape index (κ1) is 20.4. The number of hydrogen-bond donors (Lipinski definition) is 2. The molecule has 1 aromatic heterocycles. The van der Waals surface area contributed by atoms with Crippen LogP contribution in [0.5, 0.6) is 5.75 Å². The quantitative estimate of drug-likeness (QED) is 0.365. The lowest BCUT2D eigenvalue weighted by Crippen LogP contribution is -2.30. The van der Waals surface area contributed by atoms with Gasteiger partial charge in [0.05, 0.1) is 22.7 Å². The van der Waals surface area contributed by atoms with Crippen LogP contribution in [0.3, 0.4) is 0 Å². The smallest absolute Gasteiger partial charge is 0.347 e. The van der Waals surface area contributed by atoms with Crippen LogP contribution in [0, 0.1) is 22.7 Å². The number of rotatable bonds is 6. The molecule has 8 heteroatoms. The molecular weight excluding hydrogens is 384 g/mol. The van der Waals surface area contributed by atoms with E-state index in [2.05, 4.69) is 9.97 Å². The van der Waals surface area contributed by atoms with Gasteiger partial charge in [-0.25, -0.2) is 9.78 Å². The summed E-state index contributed by atoms with van der Waals surface area (Å²) in [6, 6.07) is 17.4. The van der Waals surface area contributed by atoms with Gasteiger partial charge in [-0.15, -0.1) is 0 Å². The number of nitrogens with zero attached hydrogens (tertiary/aromatic N) is 3. The predicted octanol–water partition coefficient (Wildman–Crippen LogP) is 3.63. The van der Waals surface area contributed by atoms with Crippen molar-refractivity contribution < 1.29 is 19.4 Å². The van der Waals surface area contributed by atoms with E-state index in [0.717, 1.165) is 0 Å². The molecule has 0 saturated heterocycles. The Labute approximate surface area is 172 Å². The summed E-state index contributed by atoms with van der Waals surface area (Å²) in [7, 11) is 0. The van der Waals surface area contributed by atoms with Crippen LogP contribution in [0.4, 0.5) is 0 Å². The molecule has 2 aromatic carbocycles. The number of imidazole rings is 1. The summed E-state index contributed by atoms with van der Waals surface area (Å²) >= 11 is 0. The minimum Gasteiger partial charge on any atom is -0.507 e. The number of aromatic nitrogens is 2. The summed E-state index contributed by atoms with van der Waals surface area (Å²) in [5.41, 5.74) is 1.70. The Morgan fingerprint density at radius 2 is 1.80 bits per heavy atom. The Hall–Kier alpha value is -4.30. The van der Waals surface area contributed by atoms with E-state index in [9.17, 15) is 15.2 Å². The molecule has 3 rings (SSSR count). The van der Waals surface area contributed by atoms with Gasteiger partial charge in [-0.05, 0) is 50.2 Å². The molecular formula is C22H18N4O4. The van der Waals surface area contributed by atoms with Crippen molar-refractivity contribution in [3.63, 3.8) is 0 Å². The van der Waals surface area contributed by atoms with E-state index in [1.807, 2.05) is 24.3 Å². The number of aliphatic hydroxyl groups excluding tert-OH is 1.